The summed E-state index contributed by atoms with van der Waals surface area (Å²) in [4.78, 5) is 26.9. The Morgan fingerprint density at radius 3 is 2.32 bits per heavy atom. The summed E-state index contributed by atoms with van der Waals surface area (Å²) in [6.07, 6.45) is 1.74. The highest BCUT2D eigenvalue weighted by Crippen LogP contribution is 2.29. The Kier molecular flexibility index (Phi) is 3.71. The standard InChI is InChI=1S/C13H22N2O4/c1-13(2,3)19-12(18)15-7-6-14(9-4-5-9)8-10(15)11(16)17/h9-10H,4-8H2,1-3H3,(H,16,17). The van der Waals surface area contributed by atoms with Crippen molar-refractivity contribution in [2.24, 2.45) is 0 Å². The number of carbonyl (C=O) groups is 2. The highest BCUT2D eigenvalue weighted by molar-refractivity contribution is 5.80. The highest BCUT2D eigenvalue weighted by Gasteiger charge is 2.41. The molecular weight excluding hydrogens is 248 g/mol. The Bertz CT molecular complexity index is 373. The van der Waals surface area contributed by atoms with Gasteiger partial charge < -0.3 is 9.84 Å². The van der Waals surface area contributed by atoms with Gasteiger partial charge >= 0.3 is 12.1 Å². The summed E-state index contributed by atoms with van der Waals surface area (Å²) in [6, 6.07) is -0.285. The lowest BCUT2D eigenvalue weighted by Gasteiger charge is -2.39. The number of ether oxygens (including phenoxy) is 1. The molecule has 1 unspecified atom stereocenters. The fourth-order valence-electron chi connectivity index (χ4n) is 2.33. The molecule has 6 nitrogen and oxygen atoms in total. The van der Waals surface area contributed by atoms with Gasteiger partial charge in [-0.25, -0.2) is 9.59 Å². The van der Waals surface area contributed by atoms with E-state index in [0.29, 0.717) is 19.1 Å². The van der Waals surface area contributed by atoms with Crippen LogP contribution in [0.1, 0.15) is 33.6 Å². The van der Waals surface area contributed by atoms with Gasteiger partial charge in [-0.3, -0.25) is 9.80 Å². The third-order valence-electron chi connectivity index (χ3n) is 3.39. The Labute approximate surface area is 113 Å². The van der Waals surface area contributed by atoms with Gasteiger partial charge in [0.15, 0.2) is 0 Å². The molecule has 19 heavy (non-hydrogen) atoms. The number of nitrogens with zero attached hydrogens (tertiary/aromatic N) is 2. The van der Waals surface area contributed by atoms with Gasteiger partial charge in [0.05, 0.1) is 0 Å². The molecule has 0 spiro atoms. The number of piperazine rings is 1. The summed E-state index contributed by atoms with van der Waals surface area (Å²) in [7, 11) is 0. The quantitative estimate of drug-likeness (QED) is 0.815. The minimum Gasteiger partial charge on any atom is -0.480 e. The summed E-state index contributed by atoms with van der Waals surface area (Å²) >= 11 is 0. The molecule has 2 fully saturated rings. The van der Waals surface area contributed by atoms with Gasteiger partial charge in [0, 0.05) is 25.7 Å². The van der Waals surface area contributed by atoms with E-state index in [9.17, 15) is 14.7 Å². The van der Waals surface area contributed by atoms with E-state index in [2.05, 4.69) is 4.90 Å². The van der Waals surface area contributed by atoms with Crippen LogP contribution in [0.25, 0.3) is 0 Å². The van der Waals surface area contributed by atoms with E-state index in [1.165, 1.54) is 4.90 Å². The van der Waals surface area contributed by atoms with Gasteiger partial charge in [0.2, 0.25) is 0 Å². The second-order valence-electron chi connectivity index (χ2n) is 6.25. The molecule has 1 aliphatic carbocycles. The van der Waals surface area contributed by atoms with Crippen LogP contribution >= 0.6 is 0 Å². The molecule has 1 heterocycles. The zero-order valence-electron chi connectivity index (χ0n) is 11.8. The number of hydrogen-bond acceptors (Lipinski definition) is 4. The van der Waals surface area contributed by atoms with E-state index in [1.54, 1.807) is 20.8 Å². The van der Waals surface area contributed by atoms with Crippen molar-refractivity contribution in [3.05, 3.63) is 0 Å². The molecular formula is C13H22N2O4. The average molecular weight is 270 g/mol. The van der Waals surface area contributed by atoms with E-state index >= 15 is 0 Å². The van der Waals surface area contributed by atoms with Gasteiger partial charge in [-0.05, 0) is 33.6 Å². The third kappa shape index (κ3) is 3.59. The van der Waals surface area contributed by atoms with Crippen molar-refractivity contribution in [3.63, 3.8) is 0 Å². The lowest BCUT2D eigenvalue weighted by atomic mass is 10.1. The molecule has 1 atom stereocenters. The first-order valence-corrected chi connectivity index (χ1v) is 6.74. The van der Waals surface area contributed by atoms with Gasteiger partial charge in [-0.15, -0.1) is 0 Å². The average Bonchev–Trinajstić information content (AvgIpc) is 3.09. The van der Waals surface area contributed by atoms with Gasteiger partial charge in [-0.2, -0.15) is 0 Å². The fraction of sp³-hybridized carbons (Fsp3) is 0.846. The largest absolute Gasteiger partial charge is 0.480 e. The lowest BCUT2D eigenvalue weighted by molar-refractivity contribution is -0.145. The van der Waals surface area contributed by atoms with E-state index in [0.717, 1.165) is 19.4 Å². The highest BCUT2D eigenvalue weighted by atomic mass is 16.6. The molecule has 0 aromatic carbocycles. The van der Waals surface area contributed by atoms with E-state index < -0.39 is 23.7 Å². The summed E-state index contributed by atoms with van der Waals surface area (Å²) < 4.78 is 5.27. The minimum absolute atomic E-state index is 0.402. The molecule has 0 bridgehead atoms. The van der Waals surface area contributed by atoms with Crippen LogP contribution in [0.5, 0.6) is 0 Å². The van der Waals surface area contributed by atoms with Crippen LogP contribution in [0, 0.1) is 0 Å². The molecule has 1 aliphatic heterocycles. The molecule has 1 saturated heterocycles. The Morgan fingerprint density at radius 2 is 1.84 bits per heavy atom. The molecule has 0 aromatic rings. The number of carbonyl (C=O) groups excluding carboxylic acids is 1. The second-order valence-corrected chi connectivity index (χ2v) is 6.25. The molecule has 0 radical (unpaired) electrons. The van der Waals surface area contributed by atoms with Crippen molar-refractivity contribution in [1.82, 2.24) is 9.80 Å². The van der Waals surface area contributed by atoms with Crippen molar-refractivity contribution in [1.29, 1.82) is 0 Å². The Hall–Kier alpha value is -1.30. The molecule has 2 aliphatic rings. The monoisotopic (exact) mass is 270 g/mol. The molecule has 1 amide bonds. The van der Waals surface area contributed by atoms with Crippen LogP contribution in [-0.2, 0) is 9.53 Å². The van der Waals surface area contributed by atoms with Crippen LogP contribution in [0.2, 0.25) is 0 Å². The maximum atomic E-state index is 12.0. The van der Waals surface area contributed by atoms with Gasteiger partial charge in [0.25, 0.3) is 0 Å². The van der Waals surface area contributed by atoms with Crippen LogP contribution in [0.15, 0.2) is 0 Å². The second kappa shape index (κ2) is 5.00. The van der Waals surface area contributed by atoms with E-state index in [1.807, 2.05) is 0 Å². The van der Waals surface area contributed by atoms with Gasteiger partial charge in [0.1, 0.15) is 11.6 Å². The maximum absolute atomic E-state index is 12.0. The first-order valence-electron chi connectivity index (χ1n) is 6.74. The zero-order chi connectivity index (χ0) is 14.2. The summed E-state index contributed by atoms with van der Waals surface area (Å²) in [5, 5.41) is 9.30. The number of carboxylic acids is 1. The number of carboxylic acid groups (broad SMARTS) is 1. The van der Waals surface area contributed by atoms with Crippen molar-refractivity contribution in [2.45, 2.75) is 51.3 Å². The molecule has 108 valence electrons. The first-order chi connectivity index (χ1) is 8.78. The summed E-state index contributed by atoms with van der Waals surface area (Å²) in [5.74, 6) is -0.962. The van der Waals surface area contributed by atoms with Crippen LogP contribution in [0.3, 0.4) is 0 Å². The molecule has 1 N–H and O–H groups in total. The smallest absolute Gasteiger partial charge is 0.411 e. The normalized spacial score (nSPS) is 25.2. The number of aliphatic carboxylic acids is 1. The lowest BCUT2D eigenvalue weighted by Crippen LogP contribution is -2.59. The SMILES string of the molecule is CC(C)(C)OC(=O)N1CCN(C2CC2)CC1C(=O)O. The van der Waals surface area contributed by atoms with Crippen molar-refractivity contribution >= 4 is 12.1 Å². The maximum Gasteiger partial charge on any atom is 0.411 e. The van der Waals surface area contributed by atoms with Gasteiger partial charge in [-0.1, -0.05) is 0 Å². The number of hydrogen-bond donors (Lipinski definition) is 1. The minimum atomic E-state index is -0.962. The Morgan fingerprint density at radius 1 is 1.21 bits per heavy atom. The van der Waals surface area contributed by atoms with Crippen LogP contribution in [-0.4, -0.2) is 64.3 Å². The van der Waals surface area contributed by atoms with E-state index in [4.69, 9.17) is 4.74 Å². The predicted octanol–water partition coefficient (Wildman–Crippen LogP) is 1.15. The predicted molar refractivity (Wildman–Crippen MR) is 69.0 cm³/mol. The molecule has 6 heteroatoms. The van der Waals surface area contributed by atoms with Crippen LogP contribution in [0.4, 0.5) is 4.79 Å². The Balaban J connectivity index is 2.02. The summed E-state index contributed by atoms with van der Waals surface area (Å²) in [6.45, 7) is 6.89. The fourth-order valence-corrected chi connectivity index (χ4v) is 2.33. The van der Waals surface area contributed by atoms with Crippen molar-refractivity contribution < 1.29 is 19.4 Å². The first kappa shape index (κ1) is 14.1. The van der Waals surface area contributed by atoms with Crippen LogP contribution < -0.4 is 0 Å². The van der Waals surface area contributed by atoms with Crippen molar-refractivity contribution in [3.8, 4) is 0 Å². The molecule has 1 saturated carbocycles. The summed E-state index contributed by atoms with van der Waals surface area (Å²) in [5.41, 5.74) is -0.603. The molecule has 0 aromatic heterocycles. The topological polar surface area (TPSA) is 70.1 Å². The van der Waals surface area contributed by atoms with E-state index in [-0.39, 0.29) is 0 Å². The molecule has 2 rings (SSSR count). The zero-order valence-corrected chi connectivity index (χ0v) is 11.8. The van der Waals surface area contributed by atoms with Crippen molar-refractivity contribution in [2.75, 3.05) is 19.6 Å². The number of rotatable bonds is 2. The third-order valence-corrected chi connectivity index (χ3v) is 3.39. The number of amides is 1.